The van der Waals surface area contributed by atoms with Crippen LogP contribution in [0.5, 0.6) is 0 Å². The fraction of sp³-hybridized carbons (Fsp3) is 0.435. The van der Waals surface area contributed by atoms with Gasteiger partial charge in [-0.3, -0.25) is 0 Å². The first-order valence-corrected chi connectivity index (χ1v) is 9.36. The van der Waals surface area contributed by atoms with Gasteiger partial charge in [-0.15, -0.1) is 0 Å². The van der Waals surface area contributed by atoms with Gasteiger partial charge in [0.25, 0.3) is 0 Å². The minimum atomic E-state index is -0.895. The molecule has 1 fully saturated rings. The third kappa shape index (κ3) is 4.34. The number of hydrogen-bond donors (Lipinski definition) is 0. The number of rotatable bonds is 6. The fourth-order valence-electron chi connectivity index (χ4n) is 3.35. The molecule has 0 saturated carbocycles. The molecule has 2 aromatic rings. The van der Waals surface area contributed by atoms with Gasteiger partial charge in [0.1, 0.15) is 0 Å². The minimum Gasteiger partial charge on any atom is -0.433 e. The first-order chi connectivity index (χ1) is 12.4. The second-order valence-corrected chi connectivity index (χ2v) is 8.22. The van der Waals surface area contributed by atoms with E-state index >= 15 is 0 Å². The van der Waals surface area contributed by atoms with Crippen LogP contribution in [0, 0.1) is 5.41 Å². The van der Waals surface area contributed by atoms with Gasteiger partial charge in [0.2, 0.25) is 6.29 Å². The van der Waals surface area contributed by atoms with E-state index in [-0.39, 0.29) is 11.4 Å². The van der Waals surface area contributed by atoms with E-state index in [9.17, 15) is 4.79 Å². The molecule has 0 unspecified atom stereocenters. The summed E-state index contributed by atoms with van der Waals surface area (Å²) in [6, 6.07) is 20.4. The van der Waals surface area contributed by atoms with Crippen LogP contribution in [0.2, 0.25) is 0 Å². The molecule has 0 spiro atoms. The summed E-state index contributed by atoms with van der Waals surface area (Å²) in [6.45, 7) is 6.11. The van der Waals surface area contributed by atoms with E-state index in [1.54, 1.807) is 0 Å². The Hall–Kier alpha value is -2.13. The predicted octanol–water partition coefficient (Wildman–Crippen LogP) is 4.94. The average molecular weight is 352 g/mol. The first kappa shape index (κ1) is 18.7. The Bertz CT molecular complexity index is 718. The van der Waals surface area contributed by atoms with Gasteiger partial charge < -0.3 is 9.47 Å². The molecule has 1 heterocycles. The summed E-state index contributed by atoms with van der Waals surface area (Å²) in [5.74, 6) is -0.227. The molecule has 1 aliphatic rings. The standard InChI is InChI=1S/C23H28O3/c1-22(2,3)21-25-20(24)23(26-21,17-19-13-8-5-9-14-19)16-10-15-18-11-6-4-7-12-18/h4-9,11-14,21H,10,15-17H2,1-3H3/t21-,23+/m1/s1. The zero-order valence-electron chi connectivity index (χ0n) is 15.9. The van der Waals surface area contributed by atoms with Gasteiger partial charge in [0.15, 0.2) is 5.60 Å². The van der Waals surface area contributed by atoms with Crippen LogP contribution < -0.4 is 0 Å². The number of ether oxygens (including phenoxy) is 2. The number of benzene rings is 2. The first-order valence-electron chi connectivity index (χ1n) is 9.36. The summed E-state index contributed by atoms with van der Waals surface area (Å²) >= 11 is 0. The van der Waals surface area contributed by atoms with Crippen LogP contribution in [0.4, 0.5) is 0 Å². The molecule has 26 heavy (non-hydrogen) atoms. The smallest absolute Gasteiger partial charge is 0.341 e. The van der Waals surface area contributed by atoms with Gasteiger partial charge >= 0.3 is 5.97 Å². The Labute approximate surface area is 156 Å². The number of hydrogen-bond acceptors (Lipinski definition) is 3. The van der Waals surface area contributed by atoms with Crippen molar-refractivity contribution in [2.24, 2.45) is 5.41 Å². The Morgan fingerprint density at radius 2 is 1.50 bits per heavy atom. The topological polar surface area (TPSA) is 35.5 Å². The number of cyclic esters (lactones) is 1. The molecule has 3 heteroatoms. The van der Waals surface area contributed by atoms with E-state index in [0.717, 1.165) is 18.4 Å². The molecular formula is C23H28O3. The van der Waals surface area contributed by atoms with Gasteiger partial charge in [-0.25, -0.2) is 4.79 Å². The third-order valence-electron chi connectivity index (χ3n) is 4.85. The maximum Gasteiger partial charge on any atom is 0.341 e. The summed E-state index contributed by atoms with van der Waals surface area (Å²) < 4.78 is 12.0. The SMILES string of the molecule is CC(C)(C)[C@@H]1OC(=O)[C@](CCCc2ccccc2)(Cc2ccccc2)O1. The Kier molecular flexibility index (Phi) is 5.47. The van der Waals surface area contributed by atoms with E-state index in [1.165, 1.54) is 5.56 Å². The molecule has 0 aliphatic carbocycles. The normalized spacial score (nSPS) is 23.0. The summed E-state index contributed by atoms with van der Waals surface area (Å²) in [6.07, 6.45) is 2.50. The summed E-state index contributed by atoms with van der Waals surface area (Å²) in [7, 11) is 0. The Morgan fingerprint density at radius 3 is 2.04 bits per heavy atom. The van der Waals surface area contributed by atoms with Crippen LogP contribution in [0.15, 0.2) is 60.7 Å². The Balaban J connectivity index is 1.76. The van der Waals surface area contributed by atoms with E-state index in [0.29, 0.717) is 12.8 Å². The fourth-order valence-corrected chi connectivity index (χ4v) is 3.35. The van der Waals surface area contributed by atoms with Gasteiger partial charge in [0.05, 0.1) is 0 Å². The molecule has 0 aromatic heterocycles. The van der Waals surface area contributed by atoms with Gasteiger partial charge in [0, 0.05) is 11.8 Å². The third-order valence-corrected chi connectivity index (χ3v) is 4.85. The van der Waals surface area contributed by atoms with Crippen molar-refractivity contribution in [2.75, 3.05) is 0 Å². The summed E-state index contributed by atoms with van der Waals surface area (Å²) in [4.78, 5) is 12.9. The molecule has 0 amide bonds. The molecule has 0 radical (unpaired) electrons. The lowest BCUT2D eigenvalue weighted by molar-refractivity contribution is -0.156. The maximum absolute atomic E-state index is 12.9. The van der Waals surface area contributed by atoms with Gasteiger partial charge in [-0.1, -0.05) is 81.4 Å². The highest BCUT2D eigenvalue weighted by atomic mass is 16.8. The maximum atomic E-state index is 12.9. The zero-order valence-corrected chi connectivity index (χ0v) is 15.9. The number of carbonyl (C=O) groups excluding carboxylic acids is 1. The van der Waals surface area contributed by atoms with E-state index in [4.69, 9.17) is 9.47 Å². The Morgan fingerprint density at radius 1 is 0.923 bits per heavy atom. The van der Waals surface area contributed by atoms with Crippen LogP contribution in [-0.2, 0) is 27.1 Å². The molecule has 1 aliphatic heterocycles. The molecule has 138 valence electrons. The molecule has 0 N–H and O–H groups in total. The number of aryl methyl sites for hydroxylation is 1. The van der Waals surface area contributed by atoms with E-state index in [1.807, 2.05) is 69.3 Å². The number of carbonyl (C=O) groups is 1. The quantitative estimate of drug-likeness (QED) is 0.691. The molecule has 1 saturated heterocycles. The summed E-state index contributed by atoms with van der Waals surface area (Å²) in [5.41, 5.74) is 1.24. The molecule has 2 aromatic carbocycles. The highest BCUT2D eigenvalue weighted by molar-refractivity contribution is 5.81. The minimum absolute atomic E-state index is 0.227. The monoisotopic (exact) mass is 352 g/mol. The lowest BCUT2D eigenvalue weighted by Gasteiger charge is -2.28. The van der Waals surface area contributed by atoms with Crippen LogP contribution in [0.1, 0.15) is 44.7 Å². The lowest BCUT2D eigenvalue weighted by atomic mass is 9.88. The van der Waals surface area contributed by atoms with Crippen molar-refractivity contribution in [3.63, 3.8) is 0 Å². The zero-order chi connectivity index (χ0) is 18.6. The van der Waals surface area contributed by atoms with Crippen molar-refractivity contribution >= 4 is 5.97 Å². The molecular weight excluding hydrogens is 324 g/mol. The second-order valence-electron chi connectivity index (χ2n) is 8.22. The molecule has 3 rings (SSSR count). The summed E-state index contributed by atoms with van der Waals surface area (Å²) in [5, 5.41) is 0. The highest BCUT2D eigenvalue weighted by Crippen LogP contribution is 2.39. The van der Waals surface area contributed by atoms with Crippen LogP contribution in [-0.4, -0.2) is 17.9 Å². The van der Waals surface area contributed by atoms with E-state index < -0.39 is 11.9 Å². The van der Waals surface area contributed by atoms with E-state index in [2.05, 4.69) is 12.1 Å². The van der Waals surface area contributed by atoms with Crippen molar-refractivity contribution in [1.82, 2.24) is 0 Å². The van der Waals surface area contributed by atoms with Crippen LogP contribution >= 0.6 is 0 Å². The highest BCUT2D eigenvalue weighted by Gasteiger charge is 2.52. The lowest BCUT2D eigenvalue weighted by Crippen LogP contribution is -2.40. The second kappa shape index (κ2) is 7.63. The largest absolute Gasteiger partial charge is 0.433 e. The average Bonchev–Trinajstić information content (AvgIpc) is 2.94. The molecule has 3 nitrogen and oxygen atoms in total. The number of esters is 1. The van der Waals surface area contributed by atoms with Crippen molar-refractivity contribution in [2.45, 2.75) is 58.3 Å². The van der Waals surface area contributed by atoms with Crippen LogP contribution in [0.3, 0.4) is 0 Å². The molecule has 2 atom stereocenters. The van der Waals surface area contributed by atoms with Crippen LogP contribution in [0.25, 0.3) is 0 Å². The predicted molar refractivity (Wildman–Crippen MR) is 103 cm³/mol. The van der Waals surface area contributed by atoms with Crippen molar-refractivity contribution in [3.8, 4) is 0 Å². The van der Waals surface area contributed by atoms with Gasteiger partial charge in [-0.05, 0) is 30.4 Å². The van der Waals surface area contributed by atoms with Crippen molar-refractivity contribution < 1.29 is 14.3 Å². The van der Waals surface area contributed by atoms with Gasteiger partial charge in [-0.2, -0.15) is 0 Å². The van der Waals surface area contributed by atoms with Crippen molar-refractivity contribution in [3.05, 3.63) is 71.8 Å². The van der Waals surface area contributed by atoms with Crippen molar-refractivity contribution in [1.29, 1.82) is 0 Å². The molecule has 0 bridgehead atoms.